The van der Waals surface area contributed by atoms with Crippen LogP contribution in [0.3, 0.4) is 0 Å². The van der Waals surface area contributed by atoms with Gasteiger partial charge in [0.2, 0.25) is 0 Å². The van der Waals surface area contributed by atoms with E-state index in [-0.39, 0.29) is 12.5 Å². The van der Waals surface area contributed by atoms with Crippen molar-refractivity contribution in [1.82, 2.24) is 9.80 Å². The van der Waals surface area contributed by atoms with Crippen LogP contribution in [0.5, 0.6) is 5.75 Å². The number of methoxy groups -OCH3 is 1. The van der Waals surface area contributed by atoms with Gasteiger partial charge in [0.15, 0.2) is 0 Å². The lowest BCUT2D eigenvalue weighted by atomic mass is 10.1. The summed E-state index contributed by atoms with van der Waals surface area (Å²) in [4.78, 5) is 16.7. The summed E-state index contributed by atoms with van der Waals surface area (Å²) < 4.78 is 5.26. The lowest BCUT2D eigenvalue weighted by Gasteiger charge is -2.22. The van der Waals surface area contributed by atoms with Crippen LogP contribution in [0.15, 0.2) is 18.2 Å². The minimum atomic E-state index is -0.0509. The Hall–Kier alpha value is -1.79. The van der Waals surface area contributed by atoms with Crippen LogP contribution in [0.1, 0.15) is 16.8 Å². The molecule has 0 aliphatic carbocycles. The molecule has 116 valence electrons. The first-order valence-corrected chi connectivity index (χ1v) is 7.21. The van der Waals surface area contributed by atoms with Crippen LogP contribution in [-0.2, 0) is 0 Å². The second-order valence-electron chi connectivity index (χ2n) is 5.17. The lowest BCUT2D eigenvalue weighted by molar-refractivity contribution is 0.0757. The van der Waals surface area contributed by atoms with Gasteiger partial charge in [-0.2, -0.15) is 0 Å². The van der Waals surface area contributed by atoms with Gasteiger partial charge in [0.05, 0.1) is 19.3 Å². The van der Waals surface area contributed by atoms with E-state index in [1.807, 2.05) is 4.90 Å². The van der Waals surface area contributed by atoms with Gasteiger partial charge in [-0.3, -0.25) is 9.69 Å². The molecule has 0 bridgehead atoms. The van der Waals surface area contributed by atoms with E-state index in [1.54, 1.807) is 25.3 Å². The van der Waals surface area contributed by atoms with Crippen LogP contribution in [0, 0.1) is 0 Å². The summed E-state index contributed by atoms with van der Waals surface area (Å²) in [5.74, 6) is 0.496. The Balaban J connectivity index is 2.11. The van der Waals surface area contributed by atoms with E-state index in [2.05, 4.69) is 4.90 Å². The fraction of sp³-hybridized carbons (Fsp3) is 0.533. The van der Waals surface area contributed by atoms with Crippen molar-refractivity contribution in [3.8, 4) is 5.75 Å². The molecule has 1 aliphatic rings. The average Bonchev–Trinajstić information content (AvgIpc) is 2.72. The molecule has 1 fully saturated rings. The molecule has 0 atom stereocenters. The van der Waals surface area contributed by atoms with E-state index in [0.29, 0.717) is 36.6 Å². The fourth-order valence-corrected chi connectivity index (χ4v) is 2.60. The van der Waals surface area contributed by atoms with Crippen LogP contribution >= 0.6 is 0 Å². The first-order chi connectivity index (χ1) is 10.2. The highest BCUT2D eigenvalue weighted by Gasteiger charge is 2.22. The monoisotopic (exact) mass is 293 g/mol. The molecule has 1 amide bonds. The zero-order valence-electron chi connectivity index (χ0n) is 12.4. The van der Waals surface area contributed by atoms with Crippen LogP contribution in [-0.4, -0.2) is 67.3 Å². The molecular formula is C15H23N3O3. The smallest absolute Gasteiger partial charge is 0.257 e. The molecule has 0 saturated carbocycles. The average molecular weight is 293 g/mol. The summed E-state index contributed by atoms with van der Waals surface area (Å²) in [6, 6.07) is 5.11. The Kier molecular flexibility index (Phi) is 5.41. The Morgan fingerprint density at radius 3 is 2.86 bits per heavy atom. The predicted octanol–water partition coefficient (Wildman–Crippen LogP) is 0.418. The number of amides is 1. The molecule has 6 heteroatoms. The molecule has 21 heavy (non-hydrogen) atoms. The van der Waals surface area contributed by atoms with Crippen molar-refractivity contribution < 1.29 is 14.6 Å². The number of nitrogens with two attached hydrogens (primary N) is 1. The minimum absolute atomic E-state index is 0.0509. The number of aliphatic hydroxyl groups is 1. The molecule has 0 radical (unpaired) electrons. The molecule has 1 aliphatic heterocycles. The van der Waals surface area contributed by atoms with Gasteiger partial charge in [0.1, 0.15) is 5.75 Å². The highest BCUT2D eigenvalue weighted by atomic mass is 16.5. The van der Waals surface area contributed by atoms with Gasteiger partial charge in [0.25, 0.3) is 5.91 Å². The number of carbonyl (C=O) groups is 1. The zero-order chi connectivity index (χ0) is 15.2. The van der Waals surface area contributed by atoms with Gasteiger partial charge in [-0.25, -0.2) is 0 Å². The molecule has 3 N–H and O–H groups in total. The highest BCUT2D eigenvalue weighted by Crippen LogP contribution is 2.23. The predicted molar refractivity (Wildman–Crippen MR) is 81.5 cm³/mol. The number of hydrogen-bond acceptors (Lipinski definition) is 5. The van der Waals surface area contributed by atoms with Crippen molar-refractivity contribution in [3.05, 3.63) is 23.8 Å². The van der Waals surface area contributed by atoms with Gasteiger partial charge >= 0.3 is 0 Å². The summed E-state index contributed by atoms with van der Waals surface area (Å²) in [6.07, 6.45) is 0.899. The summed E-state index contributed by atoms with van der Waals surface area (Å²) >= 11 is 0. The Bertz CT molecular complexity index is 493. The number of hydrogen-bond donors (Lipinski definition) is 2. The van der Waals surface area contributed by atoms with E-state index in [9.17, 15) is 4.79 Å². The van der Waals surface area contributed by atoms with E-state index < -0.39 is 0 Å². The van der Waals surface area contributed by atoms with Crippen LogP contribution in [0.4, 0.5) is 5.69 Å². The molecular weight excluding hydrogens is 270 g/mol. The van der Waals surface area contributed by atoms with Gasteiger partial charge in [-0.15, -0.1) is 0 Å². The number of ether oxygens (including phenoxy) is 1. The van der Waals surface area contributed by atoms with Gasteiger partial charge in [0, 0.05) is 31.9 Å². The van der Waals surface area contributed by atoms with Gasteiger partial charge in [-0.1, -0.05) is 0 Å². The van der Waals surface area contributed by atoms with Crippen molar-refractivity contribution in [2.24, 2.45) is 0 Å². The van der Waals surface area contributed by atoms with Crippen LogP contribution in [0.2, 0.25) is 0 Å². The maximum absolute atomic E-state index is 12.7. The van der Waals surface area contributed by atoms with Crippen molar-refractivity contribution in [3.63, 3.8) is 0 Å². The van der Waals surface area contributed by atoms with Crippen molar-refractivity contribution in [2.45, 2.75) is 6.42 Å². The second kappa shape index (κ2) is 7.28. The van der Waals surface area contributed by atoms with E-state index in [1.165, 1.54) is 0 Å². The molecule has 6 nitrogen and oxygen atoms in total. The number of nitrogen functional groups attached to an aromatic ring is 1. The molecule has 1 aromatic rings. The topological polar surface area (TPSA) is 79.0 Å². The van der Waals surface area contributed by atoms with E-state index in [4.69, 9.17) is 15.6 Å². The summed E-state index contributed by atoms with van der Waals surface area (Å²) in [6.45, 7) is 3.84. The molecule has 0 spiro atoms. The van der Waals surface area contributed by atoms with Crippen molar-refractivity contribution in [2.75, 3.05) is 52.2 Å². The van der Waals surface area contributed by atoms with E-state index in [0.717, 1.165) is 19.5 Å². The SMILES string of the molecule is COc1ccc(N)cc1C(=O)N1CCCN(CCO)CC1. The number of nitrogens with zero attached hydrogens (tertiary/aromatic N) is 2. The maximum atomic E-state index is 12.7. The Morgan fingerprint density at radius 1 is 1.33 bits per heavy atom. The number of rotatable bonds is 4. The number of aliphatic hydroxyl groups excluding tert-OH is 1. The third kappa shape index (κ3) is 3.86. The maximum Gasteiger partial charge on any atom is 0.257 e. The minimum Gasteiger partial charge on any atom is -0.496 e. The van der Waals surface area contributed by atoms with Gasteiger partial charge < -0.3 is 20.5 Å². The number of β-amino-alcohol motifs (C(OH)–C–C–N with tert-alkyl or cyclic N) is 1. The normalized spacial score (nSPS) is 16.6. The number of anilines is 1. The third-order valence-electron chi connectivity index (χ3n) is 3.75. The molecule has 1 aromatic carbocycles. The standard InChI is InChI=1S/C15H23N3O3/c1-21-14-4-3-12(16)11-13(14)15(20)18-6-2-5-17(7-8-18)9-10-19/h3-4,11,19H,2,5-10,16H2,1H3. The third-order valence-corrected chi connectivity index (χ3v) is 3.75. The lowest BCUT2D eigenvalue weighted by Crippen LogP contribution is -2.36. The van der Waals surface area contributed by atoms with Crippen molar-refractivity contribution >= 4 is 11.6 Å². The Labute approximate surface area is 125 Å². The molecule has 0 unspecified atom stereocenters. The molecule has 1 heterocycles. The molecule has 2 rings (SSSR count). The molecule has 0 aromatic heterocycles. The van der Waals surface area contributed by atoms with Gasteiger partial charge in [-0.05, 0) is 31.2 Å². The largest absolute Gasteiger partial charge is 0.496 e. The second-order valence-corrected chi connectivity index (χ2v) is 5.17. The summed E-state index contributed by atoms with van der Waals surface area (Å²) in [5.41, 5.74) is 6.84. The fourth-order valence-electron chi connectivity index (χ4n) is 2.60. The zero-order valence-corrected chi connectivity index (χ0v) is 12.4. The van der Waals surface area contributed by atoms with Crippen LogP contribution in [0.25, 0.3) is 0 Å². The number of benzene rings is 1. The van der Waals surface area contributed by atoms with Crippen molar-refractivity contribution in [1.29, 1.82) is 0 Å². The van der Waals surface area contributed by atoms with E-state index >= 15 is 0 Å². The summed E-state index contributed by atoms with van der Waals surface area (Å²) in [5, 5.41) is 9.01. The quantitative estimate of drug-likeness (QED) is 0.787. The first-order valence-electron chi connectivity index (χ1n) is 7.21. The first kappa shape index (κ1) is 15.6. The molecule has 1 saturated heterocycles. The summed E-state index contributed by atoms with van der Waals surface area (Å²) in [7, 11) is 1.55. The number of carbonyl (C=O) groups excluding carboxylic acids is 1. The Morgan fingerprint density at radius 2 is 2.14 bits per heavy atom. The highest BCUT2D eigenvalue weighted by molar-refractivity contribution is 5.97. The van der Waals surface area contributed by atoms with Crippen LogP contribution < -0.4 is 10.5 Å².